The van der Waals surface area contributed by atoms with E-state index >= 15 is 0 Å². The molecule has 0 aliphatic carbocycles. The molecule has 6 aromatic carbocycles. The molecule has 2 N–H and O–H groups in total. The normalized spacial score (nSPS) is 18.2. The molecule has 111 heavy (non-hydrogen) atoms. The topological polar surface area (TPSA) is 225 Å². The fraction of sp³-hybridized carbons (Fsp3) is 0.524. The summed E-state index contributed by atoms with van der Waals surface area (Å²) in [6, 6.07) is 17.9. The number of fused-ring (bicyclic) bond motifs is 4. The zero-order valence-corrected chi connectivity index (χ0v) is 73.0. The standard InChI is InChI=1S/C16H22BFO3.C12H24B2O4.C10H10BrFO.C10H11FO3.C10H9FO2.C10H11FO.C7H7FO.C4H9O.C3H4O2.K/c1-10-11-7-6-8-19-14(11)13(18)9-12(10)17-20-15(2,3)16(4,5)21-17;1-9(2)10(3,4)16-13(15-9)14-17-11(5,6)12(7,8)18-14;1-6-7-3-2-4-13-10(7)9(12)5-8(6)11;1-7-2-3-8(11)9(6-7)14-5-4-10(12)13;1-6-2-3-7(11)10-9(6)8(12)4-5-13-10;1-7-4-5-9(11)10-8(7)3-2-6-12-10;1-5-2-3-6(8)7(9)4-5;1-4(2,3)5;4-3-1-2-5-3;/h9H,6-8H2,1-5H3;1-8H3;5H,2-4H2,1H3;2-3,6H,4-5H2,1H3,(H,12,13);2-3H,4-5H2,1H3;4-5H,2-3,6H2,1H3;2-4,9H,1H3;1-3H3;1-2H2;/q;;;;;;;-1;;+1. The van der Waals surface area contributed by atoms with E-state index in [9.17, 15) is 45.8 Å². The number of phenols is 1. The smallest absolute Gasteiger partial charge is 0.850 e. The van der Waals surface area contributed by atoms with Gasteiger partial charge in [-0.15, -0.1) is 5.60 Å². The largest absolute Gasteiger partial charge is 1.00 e. The van der Waals surface area contributed by atoms with Gasteiger partial charge in [0.2, 0.25) is 0 Å². The molecule has 0 aromatic heterocycles. The molecule has 0 saturated carbocycles. The summed E-state index contributed by atoms with van der Waals surface area (Å²) >= 11 is 3.33. The van der Waals surface area contributed by atoms with Crippen molar-refractivity contribution in [2.45, 2.75) is 242 Å². The molecule has 6 aromatic rings. The van der Waals surface area contributed by atoms with Gasteiger partial charge in [0, 0.05) is 22.0 Å². The molecular formula is C82H107B3BrF6KO18. The van der Waals surface area contributed by atoms with Gasteiger partial charge in [0.15, 0.2) is 75.2 Å². The van der Waals surface area contributed by atoms with E-state index in [4.69, 9.17) is 61.8 Å². The van der Waals surface area contributed by atoms with Gasteiger partial charge in [0.05, 0.1) is 85.0 Å². The number of esters is 1. The Labute approximate surface area is 702 Å². The molecule has 18 nitrogen and oxygen atoms in total. The van der Waals surface area contributed by atoms with Crippen molar-refractivity contribution in [2.75, 3.05) is 39.6 Å². The Balaban J connectivity index is 0.000000229. The van der Waals surface area contributed by atoms with Crippen molar-refractivity contribution in [2.24, 2.45) is 0 Å². The molecule has 0 atom stereocenters. The molecule has 0 radical (unpaired) electrons. The van der Waals surface area contributed by atoms with Crippen LogP contribution in [0, 0.1) is 76.4 Å². The zero-order chi connectivity index (χ0) is 82.4. The molecule has 0 spiro atoms. The van der Waals surface area contributed by atoms with E-state index in [1.807, 2.05) is 117 Å². The first-order chi connectivity index (χ1) is 51.0. The first kappa shape index (κ1) is 95.9. The fourth-order valence-corrected chi connectivity index (χ4v) is 11.8. The maximum absolute atomic E-state index is 14.3. The Morgan fingerprint density at radius 1 is 0.495 bits per heavy atom. The SMILES string of the molecule is CC(C)(C)[O-].CC1(C)OB(B2OC(C)(C)C(C)(C)O2)OC1(C)C.Cc1c(B2OC(C)(C)C(C)(C)O2)cc(F)c2c1CCCO2.Cc1c(Br)cc(F)c2c1CCCO2.Cc1ccc(F)c(O)c1.Cc1ccc(F)c(OCCC(=O)O)c1.Cc1ccc(F)c2c1C(=O)CCO2.Cc1ccc(F)c2c1CCCO2.O=C1CCO1.[K+]. The van der Waals surface area contributed by atoms with E-state index < -0.39 is 61.4 Å². The average Bonchev–Trinajstić information content (AvgIpc) is 1.62. The number of cyclic esters (lactones) is 1. The van der Waals surface area contributed by atoms with Crippen LogP contribution in [0.15, 0.2) is 77.3 Å². The van der Waals surface area contributed by atoms with Gasteiger partial charge in [-0.1, -0.05) is 61.0 Å². The molecule has 8 heterocycles. The van der Waals surface area contributed by atoms with E-state index in [0.717, 1.165) is 98.5 Å². The van der Waals surface area contributed by atoms with Gasteiger partial charge in [-0.3, -0.25) is 14.4 Å². The Hall–Kier alpha value is -5.66. The second-order valence-corrected chi connectivity index (χ2v) is 32.4. The van der Waals surface area contributed by atoms with Gasteiger partial charge in [0.25, 0.3) is 0 Å². The number of carboxylic acids is 1. The predicted octanol–water partition coefficient (Wildman–Crippen LogP) is 13.7. The quantitative estimate of drug-likeness (QED) is 0.0898. The third-order valence-corrected chi connectivity index (χ3v) is 20.7. The molecule has 4 fully saturated rings. The van der Waals surface area contributed by atoms with Gasteiger partial charge < -0.3 is 71.7 Å². The number of benzene rings is 6. The molecular weight excluding hydrogens is 1540 g/mol. The molecule has 0 bridgehead atoms. The molecule has 4 saturated heterocycles. The molecule has 8 aliphatic heterocycles. The third-order valence-electron chi connectivity index (χ3n) is 19.9. The number of carbonyl (C=O) groups excluding carboxylic acids is 2. The number of hydrogen-bond acceptors (Lipinski definition) is 17. The number of aryl methyl sites for hydroxylation is 4. The van der Waals surface area contributed by atoms with Crippen LogP contribution in [0.25, 0.3) is 0 Å². The second kappa shape index (κ2) is 40.8. The van der Waals surface area contributed by atoms with Crippen LogP contribution in [0.2, 0.25) is 0 Å². The fourth-order valence-electron chi connectivity index (χ4n) is 11.4. The third kappa shape index (κ3) is 26.7. The summed E-state index contributed by atoms with van der Waals surface area (Å²) in [6.07, 6.45) is 6.42. The number of aromatic hydroxyl groups is 1. The molecule has 14 rings (SSSR count). The van der Waals surface area contributed by atoms with Crippen LogP contribution in [-0.4, -0.2) is 128 Å². The summed E-state index contributed by atoms with van der Waals surface area (Å²) < 4.78 is 146. The van der Waals surface area contributed by atoms with Crippen molar-refractivity contribution in [1.82, 2.24) is 0 Å². The van der Waals surface area contributed by atoms with E-state index in [0.29, 0.717) is 62.1 Å². The van der Waals surface area contributed by atoms with Gasteiger partial charge in [0.1, 0.15) is 6.61 Å². The maximum atomic E-state index is 14.3. The van der Waals surface area contributed by atoms with Crippen molar-refractivity contribution in [1.29, 1.82) is 0 Å². The van der Waals surface area contributed by atoms with Crippen LogP contribution < -0.4 is 85.6 Å². The first-order valence-electron chi connectivity index (χ1n) is 36.9. The Morgan fingerprint density at radius 3 is 1.30 bits per heavy atom. The van der Waals surface area contributed by atoms with Crippen molar-refractivity contribution >= 4 is 60.3 Å². The van der Waals surface area contributed by atoms with E-state index in [2.05, 4.69) is 20.7 Å². The number of hydrogen-bond donors (Lipinski definition) is 2. The first-order valence-corrected chi connectivity index (χ1v) is 37.7. The maximum Gasteiger partial charge on any atom is 1.00 e. The number of carboxylic acid groups (broad SMARTS) is 1. The minimum absolute atomic E-state index is 0. The number of phenolic OH excluding ortho intramolecular Hbond substituents is 1. The summed E-state index contributed by atoms with van der Waals surface area (Å²) in [5.41, 5.74) is 6.90. The van der Waals surface area contributed by atoms with Crippen LogP contribution in [0.3, 0.4) is 0 Å². The van der Waals surface area contributed by atoms with Gasteiger partial charge >= 0.3 is 84.5 Å². The average molecular weight is 1650 g/mol. The Bertz CT molecular complexity index is 4070. The van der Waals surface area contributed by atoms with Gasteiger partial charge in [-0.05, 0) is 256 Å². The summed E-state index contributed by atoms with van der Waals surface area (Å²) in [5.74, 6) is -2.08. The summed E-state index contributed by atoms with van der Waals surface area (Å²) in [7, 11) is -1.48. The van der Waals surface area contributed by atoms with Crippen molar-refractivity contribution in [3.8, 4) is 34.5 Å². The van der Waals surface area contributed by atoms with Crippen LogP contribution >= 0.6 is 15.9 Å². The molecule has 0 unspecified atom stereocenters. The summed E-state index contributed by atoms with van der Waals surface area (Å²) in [4.78, 5) is 31.3. The van der Waals surface area contributed by atoms with Gasteiger partial charge in [-0.2, -0.15) is 0 Å². The number of aliphatic carboxylic acids is 1. The zero-order valence-electron chi connectivity index (χ0n) is 68.3. The summed E-state index contributed by atoms with van der Waals surface area (Å²) in [6.45, 7) is 43.2. The molecule has 29 heteroatoms. The van der Waals surface area contributed by atoms with E-state index in [1.165, 1.54) is 48.5 Å². The van der Waals surface area contributed by atoms with Crippen LogP contribution in [-0.2, 0) is 61.5 Å². The van der Waals surface area contributed by atoms with Crippen LogP contribution in [0.1, 0.15) is 203 Å². The molecule has 602 valence electrons. The Morgan fingerprint density at radius 2 is 0.874 bits per heavy atom. The minimum Gasteiger partial charge on any atom is -0.850 e. The number of ether oxygens (including phenoxy) is 6. The number of ketones is 1. The van der Waals surface area contributed by atoms with Crippen LogP contribution in [0.4, 0.5) is 26.3 Å². The van der Waals surface area contributed by atoms with Crippen molar-refractivity contribution in [3.63, 3.8) is 0 Å². The molecule has 8 aliphatic rings. The number of halogens is 7. The van der Waals surface area contributed by atoms with Crippen molar-refractivity contribution in [3.05, 3.63) is 168 Å². The van der Waals surface area contributed by atoms with Crippen molar-refractivity contribution < 1.29 is 164 Å². The second-order valence-electron chi connectivity index (χ2n) is 31.6. The Kier molecular flexibility index (Phi) is 35.2. The van der Waals surface area contributed by atoms with Crippen LogP contribution in [0.5, 0.6) is 34.5 Å². The molecule has 0 amide bonds. The van der Waals surface area contributed by atoms with E-state index in [1.54, 1.807) is 52.8 Å². The van der Waals surface area contributed by atoms with Gasteiger partial charge in [-0.25, -0.2) is 26.3 Å². The minimum atomic E-state index is -0.960. The predicted molar refractivity (Wildman–Crippen MR) is 413 cm³/mol. The number of carbonyl (C=O) groups is 3. The van der Waals surface area contributed by atoms with E-state index in [-0.39, 0.29) is 140 Å². The summed E-state index contributed by atoms with van der Waals surface area (Å²) in [5, 5.41) is 27.2. The number of rotatable bonds is 6. The number of Topliss-reactive ketones (excluding diaryl/α,β-unsaturated/α-hetero) is 1. The monoisotopic (exact) mass is 1640 g/mol.